The first kappa shape index (κ1) is 10.6. The van der Waals surface area contributed by atoms with Gasteiger partial charge in [0, 0.05) is 17.1 Å². The van der Waals surface area contributed by atoms with E-state index in [2.05, 4.69) is 4.98 Å². The molecule has 0 fully saturated rings. The van der Waals surface area contributed by atoms with Gasteiger partial charge in [0.25, 0.3) is 6.43 Å². The number of rotatable bonds is 3. The summed E-state index contributed by atoms with van der Waals surface area (Å²) in [4.78, 5) is 4.08. The standard InChI is InChI=1S/C11H10F2N2O/c12-10(13)6-16-11-4-1-7-5-8(14)2-3-9(7)15-11/h1-5,10H,6,14H2. The molecule has 2 aromatic rings. The van der Waals surface area contributed by atoms with Crippen molar-refractivity contribution in [1.29, 1.82) is 0 Å². The Bertz CT molecular complexity index is 502. The molecule has 0 aliphatic rings. The van der Waals surface area contributed by atoms with Crippen LogP contribution < -0.4 is 10.5 Å². The van der Waals surface area contributed by atoms with Gasteiger partial charge in [0.15, 0.2) is 6.61 Å². The van der Waals surface area contributed by atoms with Crippen LogP contribution in [-0.4, -0.2) is 18.0 Å². The highest BCUT2D eigenvalue weighted by Gasteiger charge is 2.05. The molecule has 1 aromatic heterocycles. The fourth-order valence-electron chi connectivity index (χ4n) is 1.35. The predicted molar refractivity (Wildman–Crippen MR) is 57.7 cm³/mol. The molecule has 0 unspecified atom stereocenters. The molecular weight excluding hydrogens is 214 g/mol. The van der Waals surface area contributed by atoms with Crippen LogP contribution in [0.2, 0.25) is 0 Å². The van der Waals surface area contributed by atoms with Gasteiger partial charge in [0.2, 0.25) is 5.88 Å². The largest absolute Gasteiger partial charge is 0.472 e. The van der Waals surface area contributed by atoms with Gasteiger partial charge >= 0.3 is 0 Å². The zero-order chi connectivity index (χ0) is 11.5. The molecule has 3 nitrogen and oxygen atoms in total. The molecule has 0 amide bonds. The number of pyridine rings is 1. The van der Waals surface area contributed by atoms with E-state index in [9.17, 15) is 8.78 Å². The number of hydrogen-bond acceptors (Lipinski definition) is 3. The van der Waals surface area contributed by atoms with Gasteiger partial charge in [0.05, 0.1) is 5.52 Å². The molecule has 16 heavy (non-hydrogen) atoms. The van der Waals surface area contributed by atoms with Crippen LogP contribution in [0, 0.1) is 0 Å². The van der Waals surface area contributed by atoms with Crippen molar-refractivity contribution in [2.75, 3.05) is 12.3 Å². The number of ether oxygens (including phenoxy) is 1. The van der Waals surface area contributed by atoms with Crippen molar-refractivity contribution in [2.24, 2.45) is 0 Å². The van der Waals surface area contributed by atoms with Crippen LogP contribution in [0.5, 0.6) is 5.88 Å². The lowest BCUT2D eigenvalue weighted by molar-refractivity contribution is 0.0798. The molecule has 0 saturated carbocycles. The second-order valence-corrected chi connectivity index (χ2v) is 3.30. The zero-order valence-corrected chi connectivity index (χ0v) is 8.36. The number of nitrogens with zero attached hydrogens (tertiary/aromatic N) is 1. The molecule has 1 aromatic carbocycles. The summed E-state index contributed by atoms with van der Waals surface area (Å²) in [6.45, 7) is -0.645. The van der Waals surface area contributed by atoms with Crippen molar-refractivity contribution in [1.82, 2.24) is 4.98 Å². The average molecular weight is 224 g/mol. The van der Waals surface area contributed by atoms with Crippen molar-refractivity contribution in [3.8, 4) is 5.88 Å². The van der Waals surface area contributed by atoms with Crippen molar-refractivity contribution >= 4 is 16.6 Å². The number of fused-ring (bicyclic) bond motifs is 1. The highest BCUT2D eigenvalue weighted by atomic mass is 19.3. The van der Waals surface area contributed by atoms with Crippen molar-refractivity contribution in [3.05, 3.63) is 30.3 Å². The van der Waals surface area contributed by atoms with Crippen molar-refractivity contribution < 1.29 is 13.5 Å². The highest BCUT2D eigenvalue weighted by Crippen LogP contribution is 2.19. The third kappa shape index (κ3) is 2.36. The lowest BCUT2D eigenvalue weighted by Crippen LogP contribution is -2.07. The van der Waals surface area contributed by atoms with Gasteiger partial charge in [-0.1, -0.05) is 0 Å². The minimum Gasteiger partial charge on any atom is -0.472 e. The van der Waals surface area contributed by atoms with Crippen molar-refractivity contribution in [2.45, 2.75) is 6.43 Å². The fourth-order valence-corrected chi connectivity index (χ4v) is 1.35. The SMILES string of the molecule is Nc1ccc2nc(OCC(F)F)ccc2c1. The average Bonchev–Trinajstić information content (AvgIpc) is 2.26. The number of anilines is 1. The summed E-state index contributed by atoms with van der Waals surface area (Å²) >= 11 is 0. The number of benzene rings is 1. The quantitative estimate of drug-likeness (QED) is 0.814. The molecule has 0 bridgehead atoms. The lowest BCUT2D eigenvalue weighted by Gasteiger charge is -2.05. The topological polar surface area (TPSA) is 48.1 Å². The van der Waals surface area contributed by atoms with Crippen LogP contribution in [0.1, 0.15) is 0 Å². The number of hydrogen-bond donors (Lipinski definition) is 1. The van der Waals surface area contributed by atoms with Crippen LogP contribution in [0.25, 0.3) is 10.9 Å². The van der Waals surface area contributed by atoms with E-state index < -0.39 is 13.0 Å². The zero-order valence-electron chi connectivity index (χ0n) is 8.36. The van der Waals surface area contributed by atoms with E-state index in [0.29, 0.717) is 11.2 Å². The normalized spacial score (nSPS) is 10.9. The van der Waals surface area contributed by atoms with Crippen LogP contribution in [0.4, 0.5) is 14.5 Å². The summed E-state index contributed by atoms with van der Waals surface area (Å²) in [5.41, 5.74) is 6.90. The summed E-state index contributed by atoms with van der Waals surface area (Å²) in [6, 6.07) is 8.47. The summed E-state index contributed by atoms with van der Waals surface area (Å²) in [5, 5.41) is 0.851. The second-order valence-electron chi connectivity index (χ2n) is 3.30. The van der Waals surface area contributed by atoms with Crippen LogP contribution in [0.3, 0.4) is 0 Å². The number of halogens is 2. The molecule has 0 spiro atoms. The Morgan fingerprint density at radius 3 is 2.81 bits per heavy atom. The number of alkyl halides is 2. The van der Waals surface area contributed by atoms with Gasteiger partial charge < -0.3 is 10.5 Å². The molecule has 5 heteroatoms. The maximum Gasteiger partial charge on any atom is 0.272 e. The van der Waals surface area contributed by atoms with Gasteiger partial charge in [0.1, 0.15) is 0 Å². The van der Waals surface area contributed by atoms with Gasteiger partial charge in [-0.05, 0) is 24.3 Å². The summed E-state index contributed by atoms with van der Waals surface area (Å²) in [6.07, 6.45) is -2.50. The molecule has 1 heterocycles. The molecule has 0 atom stereocenters. The van der Waals surface area contributed by atoms with E-state index in [0.717, 1.165) is 5.39 Å². The van der Waals surface area contributed by atoms with Gasteiger partial charge in [-0.25, -0.2) is 13.8 Å². The van der Waals surface area contributed by atoms with Crippen LogP contribution >= 0.6 is 0 Å². The number of nitrogens with two attached hydrogens (primary N) is 1. The lowest BCUT2D eigenvalue weighted by atomic mass is 10.2. The van der Waals surface area contributed by atoms with E-state index in [1.54, 1.807) is 30.3 Å². The molecule has 0 aliphatic carbocycles. The van der Waals surface area contributed by atoms with E-state index in [1.165, 1.54) is 0 Å². The van der Waals surface area contributed by atoms with Crippen LogP contribution in [0.15, 0.2) is 30.3 Å². The predicted octanol–water partition coefficient (Wildman–Crippen LogP) is 2.46. The number of nitrogen functional groups attached to an aromatic ring is 1. The maximum absolute atomic E-state index is 11.9. The molecule has 0 aliphatic heterocycles. The van der Waals surface area contributed by atoms with E-state index in [1.807, 2.05) is 0 Å². The summed E-state index contributed by atoms with van der Waals surface area (Å²) in [5.74, 6) is 0.192. The molecular formula is C11H10F2N2O. The molecule has 0 saturated heterocycles. The van der Waals surface area contributed by atoms with Crippen LogP contribution in [-0.2, 0) is 0 Å². The first-order valence-corrected chi connectivity index (χ1v) is 4.72. The smallest absolute Gasteiger partial charge is 0.272 e. The minimum atomic E-state index is -2.50. The Balaban J connectivity index is 2.26. The first-order chi connectivity index (χ1) is 7.65. The van der Waals surface area contributed by atoms with E-state index in [4.69, 9.17) is 10.5 Å². The first-order valence-electron chi connectivity index (χ1n) is 4.72. The van der Waals surface area contributed by atoms with Gasteiger partial charge in [-0.3, -0.25) is 0 Å². The third-order valence-corrected chi connectivity index (χ3v) is 2.04. The Hall–Kier alpha value is -1.91. The molecule has 0 radical (unpaired) electrons. The Kier molecular flexibility index (Phi) is 2.85. The second kappa shape index (κ2) is 4.30. The Morgan fingerprint density at radius 1 is 1.25 bits per heavy atom. The summed E-state index contributed by atoms with van der Waals surface area (Å²) in [7, 11) is 0. The fraction of sp³-hybridized carbons (Fsp3) is 0.182. The highest BCUT2D eigenvalue weighted by molar-refractivity contribution is 5.82. The minimum absolute atomic E-state index is 0.192. The van der Waals surface area contributed by atoms with Gasteiger partial charge in [-0.2, -0.15) is 0 Å². The Morgan fingerprint density at radius 2 is 2.06 bits per heavy atom. The van der Waals surface area contributed by atoms with Crippen molar-refractivity contribution in [3.63, 3.8) is 0 Å². The van der Waals surface area contributed by atoms with Gasteiger partial charge in [-0.15, -0.1) is 0 Å². The molecule has 2 rings (SSSR count). The van der Waals surface area contributed by atoms with E-state index in [-0.39, 0.29) is 5.88 Å². The summed E-state index contributed by atoms with van der Waals surface area (Å²) < 4.78 is 28.6. The molecule has 84 valence electrons. The molecule has 2 N–H and O–H groups in total. The number of aromatic nitrogens is 1. The Labute approximate surface area is 90.8 Å². The van der Waals surface area contributed by atoms with E-state index >= 15 is 0 Å². The maximum atomic E-state index is 11.9. The third-order valence-electron chi connectivity index (χ3n) is 2.04. The monoisotopic (exact) mass is 224 g/mol.